The summed E-state index contributed by atoms with van der Waals surface area (Å²) in [6.45, 7) is 2.91. The standard InChI is InChI=1S/C16H23N3O5S/c1-12-4-3-5-13(10-12)24-11-15(20)17-7-9-19-8-6-14(16(19)21)18-25(2,22)23/h3-5,10,14,18H,6-9,11H2,1-2H3,(H,17,20). The van der Waals surface area contributed by atoms with Crippen molar-refractivity contribution in [3.8, 4) is 5.75 Å². The minimum Gasteiger partial charge on any atom is -0.484 e. The van der Waals surface area contributed by atoms with Gasteiger partial charge < -0.3 is 15.0 Å². The first kappa shape index (κ1) is 19.2. The van der Waals surface area contributed by atoms with Gasteiger partial charge in [0.25, 0.3) is 5.91 Å². The van der Waals surface area contributed by atoms with Crippen molar-refractivity contribution in [1.82, 2.24) is 14.9 Å². The number of nitrogens with zero attached hydrogens (tertiary/aromatic N) is 1. The molecule has 1 saturated heterocycles. The zero-order valence-electron chi connectivity index (χ0n) is 14.3. The molecular weight excluding hydrogens is 346 g/mol. The van der Waals surface area contributed by atoms with Crippen LogP contribution in [0.4, 0.5) is 0 Å². The van der Waals surface area contributed by atoms with E-state index < -0.39 is 16.1 Å². The van der Waals surface area contributed by atoms with Gasteiger partial charge in [0.2, 0.25) is 15.9 Å². The molecule has 0 aliphatic carbocycles. The number of carbonyl (C=O) groups excluding carboxylic acids is 2. The van der Waals surface area contributed by atoms with E-state index in [4.69, 9.17) is 4.74 Å². The molecule has 1 aromatic rings. The first-order valence-electron chi connectivity index (χ1n) is 7.97. The van der Waals surface area contributed by atoms with Gasteiger partial charge in [0.1, 0.15) is 11.8 Å². The molecule has 2 N–H and O–H groups in total. The van der Waals surface area contributed by atoms with E-state index in [0.29, 0.717) is 25.3 Å². The molecule has 2 rings (SSSR count). The first-order valence-corrected chi connectivity index (χ1v) is 9.86. The molecule has 1 unspecified atom stereocenters. The number of amides is 2. The van der Waals surface area contributed by atoms with E-state index in [1.54, 1.807) is 6.07 Å². The van der Waals surface area contributed by atoms with Crippen LogP contribution in [0.1, 0.15) is 12.0 Å². The number of benzene rings is 1. The minimum atomic E-state index is -3.42. The fourth-order valence-electron chi connectivity index (χ4n) is 2.56. The average molecular weight is 369 g/mol. The first-order chi connectivity index (χ1) is 11.7. The van der Waals surface area contributed by atoms with Crippen molar-refractivity contribution in [2.24, 2.45) is 0 Å². The lowest BCUT2D eigenvalue weighted by Crippen LogP contribution is -2.43. The summed E-state index contributed by atoms with van der Waals surface area (Å²) in [4.78, 5) is 25.4. The predicted molar refractivity (Wildman–Crippen MR) is 92.6 cm³/mol. The molecule has 1 aliphatic heterocycles. The van der Waals surface area contributed by atoms with E-state index in [-0.39, 0.29) is 25.0 Å². The Labute approximate surface area is 147 Å². The fraction of sp³-hybridized carbons (Fsp3) is 0.500. The highest BCUT2D eigenvalue weighted by Gasteiger charge is 2.32. The Kier molecular flexibility index (Phi) is 6.38. The van der Waals surface area contributed by atoms with Crippen molar-refractivity contribution in [1.29, 1.82) is 0 Å². The van der Waals surface area contributed by atoms with Crippen LogP contribution in [0.5, 0.6) is 5.75 Å². The Hall–Kier alpha value is -2.13. The molecule has 1 heterocycles. The smallest absolute Gasteiger partial charge is 0.258 e. The largest absolute Gasteiger partial charge is 0.484 e. The molecule has 9 heteroatoms. The van der Waals surface area contributed by atoms with Gasteiger partial charge in [-0.05, 0) is 31.0 Å². The Balaban J connectivity index is 1.68. The number of aryl methyl sites for hydroxylation is 1. The predicted octanol–water partition coefficient (Wildman–Crippen LogP) is -0.360. The van der Waals surface area contributed by atoms with E-state index in [2.05, 4.69) is 10.0 Å². The molecule has 138 valence electrons. The van der Waals surface area contributed by atoms with Crippen molar-refractivity contribution < 1.29 is 22.7 Å². The van der Waals surface area contributed by atoms with E-state index in [9.17, 15) is 18.0 Å². The lowest BCUT2D eigenvalue weighted by Gasteiger charge is -2.17. The lowest BCUT2D eigenvalue weighted by atomic mass is 10.2. The van der Waals surface area contributed by atoms with Crippen molar-refractivity contribution in [2.75, 3.05) is 32.5 Å². The molecule has 25 heavy (non-hydrogen) atoms. The summed E-state index contributed by atoms with van der Waals surface area (Å²) < 4.78 is 30.1. The Morgan fingerprint density at radius 1 is 1.40 bits per heavy atom. The molecule has 1 aliphatic rings. The fourth-order valence-corrected chi connectivity index (χ4v) is 3.30. The number of ether oxygens (including phenoxy) is 1. The highest BCUT2D eigenvalue weighted by Crippen LogP contribution is 2.12. The number of nitrogens with one attached hydrogen (secondary N) is 2. The van der Waals surface area contributed by atoms with Crippen molar-refractivity contribution in [3.63, 3.8) is 0 Å². The second-order valence-corrected chi connectivity index (χ2v) is 7.79. The number of carbonyl (C=O) groups is 2. The van der Waals surface area contributed by atoms with Crippen LogP contribution >= 0.6 is 0 Å². The van der Waals surface area contributed by atoms with Crippen molar-refractivity contribution >= 4 is 21.8 Å². The number of sulfonamides is 1. The van der Waals surface area contributed by atoms with Crippen LogP contribution in [0.25, 0.3) is 0 Å². The van der Waals surface area contributed by atoms with E-state index in [0.717, 1.165) is 11.8 Å². The normalized spacial score (nSPS) is 17.6. The summed E-state index contributed by atoms with van der Waals surface area (Å²) in [5.74, 6) is 0.0780. The molecule has 0 radical (unpaired) electrons. The van der Waals surface area contributed by atoms with Gasteiger partial charge in [-0.1, -0.05) is 12.1 Å². The van der Waals surface area contributed by atoms with Crippen LogP contribution in [-0.2, 0) is 19.6 Å². The molecule has 1 aromatic carbocycles. The maximum absolute atomic E-state index is 12.1. The topological polar surface area (TPSA) is 105 Å². The Morgan fingerprint density at radius 3 is 2.84 bits per heavy atom. The van der Waals surface area contributed by atoms with Gasteiger partial charge >= 0.3 is 0 Å². The van der Waals surface area contributed by atoms with E-state index in [1.165, 1.54) is 4.90 Å². The van der Waals surface area contributed by atoms with Crippen LogP contribution in [0.15, 0.2) is 24.3 Å². The summed E-state index contributed by atoms with van der Waals surface area (Å²) in [7, 11) is -3.42. The van der Waals surface area contributed by atoms with Gasteiger partial charge in [0.05, 0.1) is 6.26 Å². The minimum absolute atomic E-state index is 0.102. The molecule has 1 fully saturated rings. The van der Waals surface area contributed by atoms with Gasteiger partial charge in [-0.2, -0.15) is 0 Å². The van der Waals surface area contributed by atoms with Gasteiger partial charge in [0.15, 0.2) is 6.61 Å². The van der Waals surface area contributed by atoms with Crippen LogP contribution in [0, 0.1) is 6.92 Å². The van der Waals surface area contributed by atoms with Gasteiger partial charge in [-0.15, -0.1) is 0 Å². The molecule has 8 nitrogen and oxygen atoms in total. The van der Waals surface area contributed by atoms with Crippen LogP contribution in [0.3, 0.4) is 0 Å². The summed E-state index contributed by atoms with van der Waals surface area (Å²) in [6.07, 6.45) is 1.45. The molecular formula is C16H23N3O5S. The SMILES string of the molecule is Cc1cccc(OCC(=O)NCCN2CCC(NS(C)(=O)=O)C2=O)c1. The quantitative estimate of drug-likeness (QED) is 0.651. The van der Waals surface area contributed by atoms with Crippen molar-refractivity contribution in [3.05, 3.63) is 29.8 Å². The molecule has 0 bridgehead atoms. The zero-order chi connectivity index (χ0) is 18.4. The number of hydrogen-bond donors (Lipinski definition) is 2. The summed E-state index contributed by atoms with van der Waals surface area (Å²) in [5, 5.41) is 2.68. The van der Waals surface area contributed by atoms with E-state index >= 15 is 0 Å². The van der Waals surface area contributed by atoms with Crippen LogP contribution in [0.2, 0.25) is 0 Å². The maximum atomic E-state index is 12.1. The number of likely N-dealkylation sites (tertiary alicyclic amines) is 1. The van der Waals surface area contributed by atoms with Gasteiger partial charge in [-0.25, -0.2) is 13.1 Å². The summed E-state index contributed by atoms with van der Waals surface area (Å²) in [6, 6.07) is 6.69. The molecule has 1 atom stereocenters. The average Bonchev–Trinajstić information content (AvgIpc) is 2.84. The zero-order valence-corrected chi connectivity index (χ0v) is 15.1. The third kappa shape index (κ3) is 6.35. The van der Waals surface area contributed by atoms with E-state index in [1.807, 2.05) is 25.1 Å². The van der Waals surface area contributed by atoms with Gasteiger partial charge in [-0.3, -0.25) is 9.59 Å². The Morgan fingerprint density at radius 2 is 2.16 bits per heavy atom. The van der Waals surface area contributed by atoms with Crippen molar-refractivity contribution in [2.45, 2.75) is 19.4 Å². The summed E-state index contributed by atoms with van der Waals surface area (Å²) in [5.41, 5.74) is 1.04. The monoisotopic (exact) mass is 369 g/mol. The van der Waals surface area contributed by atoms with Crippen LogP contribution in [-0.4, -0.2) is 63.7 Å². The number of hydrogen-bond acceptors (Lipinski definition) is 5. The highest BCUT2D eigenvalue weighted by molar-refractivity contribution is 7.88. The van der Waals surface area contributed by atoms with Gasteiger partial charge in [0, 0.05) is 19.6 Å². The number of rotatable bonds is 8. The lowest BCUT2D eigenvalue weighted by molar-refractivity contribution is -0.129. The Bertz CT molecular complexity index is 735. The maximum Gasteiger partial charge on any atom is 0.258 e. The molecule has 2 amide bonds. The second kappa shape index (κ2) is 8.30. The summed E-state index contributed by atoms with van der Waals surface area (Å²) >= 11 is 0. The van der Waals surface area contributed by atoms with Crippen LogP contribution < -0.4 is 14.8 Å². The molecule has 0 saturated carbocycles. The highest BCUT2D eigenvalue weighted by atomic mass is 32.2. The third-order valence-electron chi connectivity index (χ3n) is 3.72. The molecule has 0 aromatic heterocycles. The third-order valence-corrected chi connectivity index (χ3v) is 4.43. The molecule has 0 spiro atoms. The second-order valence-electron chi connectivity index (χ2n) is 6.01.